The van der Waals surface area contributed by atoms with Crippen molar-refractivity contribution in [2.24, 2.45) is 0 Å². The number of anilines is 2. The number of hydrogen-bond donors (Lipinski definition) is 1. The van der Waals surface area contributed by atoms with E-state index in [2.05, 4.69) is 15.5 Å². The highest BCUT2D eigenvalue weighted by Gasteiger charge is 2.17. The molecule has 1 aromatic heterocycles. The molecule has 0 atom stereocenters. The van der Waals surface area contributed by atoms with E-state index in [1.54, 1.807) is 32.4 Å². The van der Waals surface area contributed by atoms with E-state index in [1.165, 1.54) is 0 Å². The summed E-state index contributed by atoms with van der Waals surface area (Å²) in [5.41, 5.74) is 2.30. The Morgan fingerprint density at radius 1 is 0.793 bits per heavy atom. The van der Waals surface area contributed by atoms with Crippen molar-refractivity contribution in [3.63, 3.8) is 0 Å². The van der Waals surface area contributed by atoms with Gasteiger partial charge in [-0.1, -0.05) is 41.4 Å². The van der Waals surface area contributed by atoms with E-state index in [-0.39, 0.29) is 0 Å². The van der Waals surface area contributed by atoms with Crippen LogP contribution in [0.1, 0.15) is 0 Å². The van der Waals surface area contributed by atoms with E-state index in [4.69, 9.17) is 32.7 Å². The standard InChI is InChI=1S/C22H17Cl2N3O2/c1-28-14-8-9-15(20(10-14)29-2)21-16-11-18(23)19(24)12-17(16)22(27-26-21)25-13-6-4-3-5-7-13/h3-12H,1-2H3,(H,25,27). The van der Waals surface area contributed by atoms with Gasteiger partial charge in [0, 0.05) is 28.1 Å². The smallest absolute Gasteiger partial charge is 0.161 e. The number of para-hydroxylation sites is 1. The molecule has 146 valence electrons. The molecule has 7 heteroatoms. The minimum Gasteiger partial charge on any atom is -0.497 e. The van der Waals surface area contributed by atoms with Crippen molar-refractivity contribution >= 4 is 45.5 Å². The fraction of sp³-hybridized carbons (Fsp3) is 0.0909. The van der Waals surface area contributed by atoms with Gasteiger partial charge in [-0.15, -0.1) is 10.2 Å². The van der Waals surface area contributed by atoms with Crippen LogP contribution in [0.15, 0.2) is 60.7 Å². The molecule has 29 heavy (non-hydrogen) atoms. The monoisotopic (exact) mass is 425 g/mol. The number of fused-ring (bicyclic) bond motifs is 1. The molecule has 0 aliphatic heterocycles. The predicted octanol–water partition coefficient (Wildman–Crippen LogP) is 6.36. The molecule has 4 aromatic rings. The lowest BCUT2D eigenvalue weighted by Crippen LogP contribution is -2.00. The molecule has 0 bridgehead atoms. The number of nitrogens with zero attached hydrogens (tertiary/aromatic N) is 2. The Morgan fingerprint density at radius 3 is 2.21 bits per heavy atom. The maximum Gasteiger partial charge on any atom is 0.161 e. The van der Waals surface area contributed by atoms with Crippen LogP contribution in [0.25, 0.3) is 22.0 Å². The highest BCUT2D eigenvalue weighted by atomic mass is 35.5. The second kappa shape index (κ2) is 8.15. The number of ether oxygens (including phenoxy) is 2. The van der Waals surface area contributed by atoms with E-state index in [0.29, 0.717) is 33.1 Å². The van der Waals surface area contributed by atoms with Crippen LogP contribution < -0.4 is 14.8 Å². The van der Waals surface area contributed by atoms with Crippen LogP contribution in [-0.2, 0) is 0 Å². The Kier molecular flexibility index (Phi) is 5.43. The maximum absolute atomic E-state index is 6.33. The van der Waals surface area contributed by atoms with Crippen molar-refractivity contribution in [3.8, 4) is 22.8 Å². The zero-order valence-corrected chi connectivity index (χ0v) is 17.3. The van der Waals surface area contributed by atoms with Gasteiger partial charge in [-0.05, 0) is 36.4 Å². The molecule has 0 amide bonds. The molecule has 0 aliphatic rings. The summed E-state index contributed by atoms with van der Waals surface area (Å²) in [5.74, 6) is 1.89. The Hall–Kier alpha value is -3.02. The number of rotatable bonds is 5. The van der Waals surface area contributed by atoms with Gasteiger partial charge in [0.25, 0.3) is 0 Å². The van der Waals surface area contributed by atoms with Gasteiger partial charge in [0.1, 0.15) is 17.2 Å². The van der Waals surface area contributed by atoms with Crippen molar-refractivity contribution in [2.45, 2.75) is 0 Å². The molecule has 0 aliphatic carbocycles. The normalized spacial score (nSPS) is 10.8. The van der Waals surface area contributed by atoms with Crippen molar-refractivity contribution in [1.29, 1.82) is 0 Å². The van der Waals surface area contributed by atoms with Crippen LogP contribution in [0.2, 0.25) is 10.0 Å². The van der Waals surface area contributed by atoms with Gasteiger partial charge < -0.3 is 14.8 Å². The van der Waals surface area contributed by atoms with E-state index in [9.17, 15) is 0 Å². The first-order valence-electron chi connectivity index (χ1n) is 8.80. The molecule has 5 nitrogen and oxygen atoms in total. The van der Waals surface area contributed by atoms with Gasteiger partial charge in [-0.2, -0.15) is 0 Å². The number of hydrogen-bond acceptors (Lipinski definition) is 5. The van der Waals surface area contributed by atoms with Crippen LogP contribution in [0.3, 0.4) is 0 Å². The van der Waals surface area contributed by atoms with Crippen LogP contribution >= 0.6 is 23.2 Å². The molecule has 0 saturated carbocycles. The van der Waals surface area contributed by atoms with Gasteiger partial charge >= 0.3 is 0 Å². The van der Waals surface area contributed by atoms with E-state index < -0.39 is 0 Å². The van der Waals surface area contributed by atoms with Gasteiger partial charge in [0.05, 0.1) is 24.3 Å². The van der Waals surface area contributed by atoms with Crippen LogP contribution in [0, 0.1) is 0 Å². The van der Waals surface area contributed by atoms with Crippen molar-refractivity contribution in [1.82, 2.24) is 10.2 Å². The average molecular weight is 426 g/mol. The maximum atomic E-state index is 6.33. The van der Waals surface area contributed by atoms with Crippen molar-refractivity contribution < 1.29 is 9.47 Å². The summed E-state index contributed by atoms with van der Waals surface area (Å²) in [5, 5.41) is 14.7. The van der Waals surface area contributed by atoms with Gasteiger partial charge in [-0.3, -0.25) is 0 Å². The predicted molar refractivity (Wildman–Crippen MR) is 118 cm³/mol. The Morgan fingerprint density at radius 2 is 1.52 bits per heavy atom. The van der Waals surface area contributed by atoms with Gasteiger partial charge in [0.2, 0.25) is 0 Å². The second-order valence-corrected chi connectivity index (χ2v) is 7.08. The third-order valence-electron chi connectivity index (χ3n) is 4.52. The third kappa shape index (κ3) is 3.79. The molecule has 3 aromatic carbocycles. The van der Waals surface area contributed by atoms with Gasteiger partial charge in [0.15, 0.2) is 5.82 Å². The summed E-state index contributed by atoms with van der Waals surface area (Å²) >= 11 is 12.6. The quantitative estimate of drug-likeness (QED) is 0.402. The lowest BCUT2D eigenvalue weighted by Gasteiger charge is -2.14. The highest BCUT2D eigenvalue weighted by molar-refractivity contribution is 6.43. The Labute approximate surface area is 178 Å². The van der Waals surface area contributed by atoms with Crippen molar-refractivity contribution in [3.05, 3.63) is 70.7 Å². The zero-order valence-electron chi connectivity index (χ0n) is 15.7. The van der Waals surface area contributed by atoms with Gasteiger partial charge in [-0.25, -0.2) is 0 Å². The van der Waals surface area contributed by atoms with E-state index in [0.717, 1.165) is 22.0 Å². The highest BCUT2D eigenvalue weighted by Crippen LogP contribution is 2.40. The van der Waals surface area contributed by atoms with Crippen LogP contribution in [-0.4, -0.2) is 24.4 Å². The molecule has 0 fully saturated rings. The summed E-state index contributed by atoms with van der Waals surface area (Å²) in [6.07, 6.45) is 0. The fourth-order valence-electron chi connectivity index (χ4n) is 3.09. The number of aromatic nitrogens is 2. The first kappa shape index (κ1) is 19.3. The molecule has 1 heterocycles. The average Bonchev–Trinajstić information content (AvgIpc) is 2.75. The molecule has 4 rings (SSSR count). The SMILES string of the molecule is COc1ccc(-c2nnc(Nc3ccccc3)c3cc(Cl)c(Cl)cc23)c(OC)c1. The first-order valence-corrected chi connectivity index (χ1v) is 9.56. The molecule has 0 saturated heterocycles. The minimum atomic E-state index is 0.437. The fourth-order valence-corrected chi connectivity index (χ4v) is 3.42. The Balaban J connectivity index is 1.93. The molecule has 0 unspecified atom stereocenters. The number of nitrogens with one attached hydrogen (secondary N) is 1. The first-order chi connectivity index (χ1) is 14.1. The number of benzene rings is 3. The third-order valence-corrected chi connectivity index (χ3v) is 5.24. The summed E-state index contributed by atoms with van der Waals surface area (Å²) < 4.78 is 10.8. The zero-order chi connectivity index (χ0) is 20.4. The lowest BCUT2D eigenvalue weighted by molar-refractivity contribution is 0.395. The topological polar surface area (TPSA) is 56.3 Å². The number of halogens is 2. The van der Waals surface area contributed by atoms with Crippen LogP contribution in [0.5, 0.6) is 11.5 Å². The van der Waals surface area contributed by atoms with Crippen molar-refractivity contribution in [2.75, 3.05) is 19.5 Å². The summed E-state index contributed by atoms with van der Waals surface area (Å²) in [6.45, 7) is 0. The summed E-state index contributed by atoms with van der Waals surface area (Å²) in [6, 6.07) is 18.9. The molecular weight excluding hydrogens is 409 g/mol. The van der Waals surface area contributed by atoms with E-state index >= 15 is 0 Å². The summed E-state index contributed by atoms with van der Waals surface area (Å²) in [4.78, 5) is 0. The Bertz CT molecular complexity index is 1180. The largest absolute Gasteiger partial charge is 0.497 e. The summed E-state index contributed by atoms with van der Waals surface area (Å²) in [7, 11) is 3.21. The van der Waals surface area contributed by atoms with E-state index in [1.807, 2.05) is 42.5 Å². The molecule has 1 N–H and O–H groups in total. The lowest BCUT2D eigenvalue weighted by atomic mass is 10.0. The molecular formula is C22H17Cl2N3O2. The number of methoxy groups -OCH3 is 2. The second-order valence-electron chi connectivity index (χ2n) is 6.27. The minimum absolute atomic E-state index is 0.437. The van der Waals surface area contributed by atoms with Crippen LogP contribution in [0.4, 0.5) is 11.5 Å². The molecule has 0 spiro atoms. The molecule has 0 radical (unpaired) electrons.